The maximum atomic E-state index is 5.45. The van der Waals surface area contributed by atoms with E-state index in [0.717, 1.165) is 0 Å². The van der Waals surface area contributed by atoms with Crippen LogP contribution in [0, 0.1) is 0 Å². The lowest BCUT2D eigenvalue weighted by atomic mass is 9.64. The van der Waals surface area contributed by atoms with Crippen LogP contribution in [-0.4, -0.2) is 20.1 Å². The fourth-order valence-electron chi connectivity index (χ4n) is 1.07. The first-order chi connectivity index (χ1) is 5.84. The van der Waals surface area contributed by atoms with E-state index < -0.39 is 0 Å². The molecule has 0 saturated carbocycles. The minimum Gasteiger partial charge on any atom is -0.430 e. The molecule has 0 amide bonds. The third kappa shape index (κ3) is 2.68. The Morgan fingerprint density at radius 3 is 2.58 bits per heavy atom. The van der Waals surface area contributed by atoms with E-state index in [1.807, 2.05) is 25.0 Å². The van der Waals surface area contributed by atoms with Crippen LogP contribution in [0.4, 0.5) is 0 Å². The Balaban J connectivity index is 2.48. The summed E-state index contributed by atoms with van der Waals surface area (Å²) in [6.07, 6.45) is 0. The monoisotopic (exact) mass is 163 g/mol. The van der Waals surface area contributed by atoms with Gasteiger partial charge in [0.05, 0.1) is 0 Å². The molecule has 0 spiro atoms. The van der Waals surface area contributed by atoms with Crippen LogP contribution in [0.5, 0.6) is 0 Å². The highest BCUT2D eigenvalue weighted by Crippen LogP contribution is 1.89. The van der Waals surface area contributed by atoms with Crippen LogP contribution in [0.3, 0.4) is 0 Å². The van der Waals surface area contributed by atoms with Gasteiger partial charge in [-0.15, -0.1) is 0 Å². The zero-order valence-electron chi connectivity index (χ0n) is 7.36. The maximum absolute atomic E-state index is 5.45. The standard InChI is InChI=1S/C9H14BNO/c1-10(12-8-7-11)9-5-3-2-4-6-9/h2-6H,7-8,11H2,1H3. The molecule has 2 N–H and O–H groups in total. The molecule has 2 nitrogen and oxygen atoms in total. The minimum absolute atomic E-state index is 0.148. The lowest BCUT2D eigenvalue weighted by molar-refractivity contribution is 0.341. The molecule has 0 bridgehead atoms. The lowest BCUT2D eigenvalue weighted by Crippen LogP contribution is -2.31. The Hall–Kier alpha value is -0.795. The number of rotatable bonds is 4. The summed E-state index contributed by atoms with van der Waals surface area (Å²) in [5, 5.41) is 0. The highest BCUT2D eigenvalue weighted by atomic mass is 16.4. The molecule has 0 atom stereocenters. The van der Waals surface area contributed by atoms with Crippen LogP contribution < -0.4 is 11.2 Å². The van der Waals surface area contributed by atoms with Crippen molar-refractivity contribution in [3.05, 3.63) is 30.3 Å². The first-order valence-corrected chi connectivity index (χ1v) is 4.21. The molecule has 0 heterocycles. The van der Waals surface area contributed by atoms with Gasteiger partial charge >= 0.3 is 6.92 Å². The van der Waals surface area contributed by atoms with Gasteiger partial charge in [-0.05, 0) is 5.46 Å². The van der Waals surface area contributed by atoms with Gasteiger partial charge in [-0.3, -0.25) is 0 Å². The largest absolute Gasteiger partial charge is 0.430 e. The molecule has 64 valence electrons. The van der Waals surface area contributed by atoms with Crippen molar-refractivity contribution in [3.63, 3.8) is 0 Å². The van der Waals surface area contributed by atoms with E-state index in [4.69, 9.17) is 10.4 Å². The number of hydrogen-bond donors (Lipinski definition) is 1. The fourth-order valence-corrected chi connectivity index (χ4v) is 1.07. The third-order valence-corrected chi connectivity index (χ3v) is 1.75. The van der Waals surface area contributed by atoms with Crippen molar-refractivity contribution < 1.29 is 4.65 Å². The van der Waals surface area contributed by atoms with Crippen LogP contribution in [0.25, 0.3) is 0 Å². The van der Waals surface area contributed by atoms with Crippen molar-refractivity contribution in [2.45, 2.75) is 6.82 Å². The second-order valence-corrected chi connectivity index (χ2v) is 2.71. The molecule has 0 unspecified atom stereocenters. The van der Waals surface area contributed by atoms with Crippen LogP contribution >= 0.6 is 0 Å². The normalized spacial score (nSPS) is 9.83. The van der Waals surface area contributed by atoms with E-state index in [2.05, 4.69) is 12.1 Å². The first-order valence-electron chi connectivity index (χ1n) is 4.21. The van der Waals surface area contributed by atoms with Gasteiger partial charge in [0, 0.05) is 13.2 Å². The number of hydrogen-bond acceptors (Lipinski definition) is 2. The SMILES string of the molecule is CB(OCCN)c1ccccc1. The topological polar surface area (TPSA) is 35.2 Å². The van der Waals surface area contributed by atoms with Gasteiger partial charge in [0.25, 0.3) is 0 Å². The van der Waals surface area contributed by atoms with Gasteiger partial charge in [-0.1, -0.05) is 37.2 Å². The van der Waals surface area contributed by atoms with Crippen LogP contribution in [-0.2, 0) is 4.65 Å². The molecule has 1 aromatic carbocycles. The van der Waals surface area contributed by atoms with Gasteiger partial charge in [0.15, 0.2) is 0 Å². The summed E-state index contributed by atoms with van der Waals surface area (Å²) in [6.45, 7) is 3.38. The highest BCUT2D eigenvalue weighted by Gasteiger charge is 2.09. The van der Waals surface area contributed by atoms with Gasteiger partial charge in [-0.2, -0.15) is 0 Å². The molecule has 0 aliphatic carbocycles. The van der Waals surface area contributed by atoms with E-state index in [-0.39, 0.29) is 6.92 Å². The zero-order chi connectivity index (χ0) is 8.81. The molecule has 0 aliphatic heterocycles. The summed E-state index contributed by atoms with van der Waals surface area (Å²) in [5.74, 6) is 0. The van der Waals surface area contributed by atoms with Crippen LogP contribution in [0.1, 0.15) is 0 Å². The quantitative estimate of drug-likeness (QED) is 0.655. The van der Waals surface area contributed by atoms with E-state index in [9.17, 15) is 0 Å². The summed E-state index contributed by atoms with van der Waals surface area (Å²) in [4.78, 5) is 0. The molecule has 1 aromatic rings. The Labute approximate surface area is 73.8 Å². The van der Waals surface area contributed by atoms with Crippen molar-refractivity contribution >= 4 is 12.4 Å². The van der Waals surface area contributed by atoms with Gasteiger partial charge in [-0.25, -0.2) is 0 Å². The highest BCUT2D eigenvalue weighted by molar-refractivity contribution is 6.66. The summed E-state index contributed by atoms with van der Waals surface area (Å²) >= 11 is 0. The molecule has 0 fully saturated rings. The summed E-state index contributed by atoms with van der Waals surface area (Å²) in [5.41, 5.74) is 6.53. The maximum Gasteiger partial charge on any atom is 0.323 e. The first kappa shape index (κ1) is 9.29. The Bertz CT molecular complexity index is 215. The summed E-state index contributed by atoms with van der Waals surface area (Å²) in [7, 11) is 0. The second kappa shape index (κ2) is 4.96. The molecule has 0 radical (unpaired) electrons. The van der Waals surface area contributed by atoms with Crippen molar-refractivity contribution in [2.24, 2.45) is 5.73 Å². The molecule has 0 saturated heterocycles. The van der Waals surface area contributed by atoms with Gasteiger partial charge in [0.2, 0.25) is 0 Å². The molecule has 3 heteroatoms. The smallest absolute Gasteiger partial charge is 0.323 e. The molecular weight excluding hydrogens is 149 g/mol. The van der Waals surface area contributed by atoms with E-state index >= 15 is 0 Å². The Morgan fingerprint density at radius 1 is 1.33 bits per heavy atom. The average Bonchev–Trinajstić information content (AvgIpc) is 2.15. The number of nitrogens with two attached hydrogens (primary N) is 1. The van der Waals surface area contributed by atoms with Crippen molar-refractivity contribution in [2.75, 3.05) is 13.2 Å². The Kier molecular flexibility index (Phi) is 3.84. The van der Waals surface area contributed by atoms with E-state index in [1.54, 1.807) is 0 Å². The molecule has 1 rings (SSSR count). The minimum atomic E-state index is 0.148. The Morgan fingerprint density at radius 2 is 2.00 bits per heavy atom. The second-order valence-electron chi connectivity index (χ2n) is 2.71. The predicted molar refractivity (Wildman–Crippen MR) is 52.7 cm³/mol. The fraction of sp³-hybridized carbons (Fsp3) is 0.333. The van der Waals surface area contributed by atoms with Crippen molar-refractivity contribution in [1.82, 2.24) is 0 Å². The van der Waals surface area contributed by atoms with Crippen molar-refractivity contribution in [3.8, 4) is 0 Å². The third-order valence-electron chi connectivity index (χ3n) is 1.75. The summed E-state index contributed by atoms with van der Waals surface area (Å²) in [6, 6.07) is 10.1. The van der Waals surface area contributed by atoms with Crippen molar-refractivity contribution in [1.29, 1.82) is 0 Å². The average molecular weight is 163 g/mol. The molecule has 0 aliphatic rings. The molecular formula is C9H14BNO. The summed E-state index contributed by atoms with van der Waals surface area (Å²) < 4.78 is 5.45. The van der Waals surface area contributed by atoms with E-state index in [0.29, 0.717) is 13.2 Å². The predicted octanol–water partition coefficient (Wildman–Crippen LogP) is 0.490. The van der Waals surface area contributed by atoms with Crippen LogP contribution in [0.15, 0.2) is 30.3 Å². The molecule has 0 aromatic heterocycles. The molecule has 12 heavy (non-hydrogen) atoms. The zero-order valence-corrected chi connectivity index (χ0v) is 7.36. The van der Waals surface area contributed by atoms with Gasteiger partial charge in [0.1, 0.15) is 0 Å². The number of benzene rings is 1. The lowest BCUT2D eigenvalue weighted by Gasteiger charge is -2.08. The van der Waals surface area contributed by atoms with Gasteiger partial charge < -0.3 is 10.4 Å². The van der Waals surface area contributed by atoms with Crippen LogP contribution in [0.2, 0.25) is 6.82 Å². The van der Waals surface area contributed by atoms with E-state index in [1.165, 1.54) is 5.46 Å².